The van der Waals surface area contributed by atoms with Crippen molar-refractivity contribution in [2.24, 2.45) is 0 Å². The van der Waals surface area contributed by atoms with E-state index in [-0.39, 0.29) is 57.7 Å². The number of benzene rings is 3. The van der Waals surface area contributed by atoms with E-state index >= 15 is 4.39 Å². The molecule has 1 N–H and O–H groups in total. The first-order chi connectivity index (χ1) is 21.2. The first-order valence-corrected chi connectivity index (χ1v) is 14.5. The number of ether oxygens (including phenoxy) is 1. The molecule has 0 saturated carbocycles. The fourth-order valence-corrected chi connectivity index (χ4v) is 5.99. The molecule has 0 radical (unpaired) electrons. The Labute approximate surface area is 257 Å². The molecule has 3 heterocycles. The summed E-state index contributed by atoms with van der Waals surface area (Å²) in [5.74, 6) is -2.06. The van der Waals surface area contributed by atoms with E-state index in [4.69, 9.17) is 21.3 Å². The number of phenols is 1. The standard InChI is InChI=1S/C32H29ClF2N6O3/c1-4-26(43)40-15-19(3)41(16-18(40)2)31-20-14-21(33)27(28-22(34)8-7-11-25(28)42)29(35)30(20)37-32(38-31)44-13-12-39-17-36-23-9-5-6-10-24(23)39/h4-11,14,17-19,42H,1,12-13,15-16H2,2-3H3/t18-,19+/m1/s1. The maximum Gasteiger partial charge on any atom is 0.319 e. The van der Waals surface area contributed by atoms with Gasteiger partial charge in [0.25, 0.3) is 0 Å². The Balaban J connectivity index is 1.44. The zero-order valence-electron chi connectivity index (χ0n) is 24.0. The topological polar surface area (TPSA) is 96.6 Å². The van der Waals surface area contributed by atoms with Crippen LogP contribution in [-0.4, -0.2) is 67.2 Å². The number of carbonyl (C=O) groups excluding carboxylic acids is 1. The lowest BCUT2D eigenvalue weighted by atomic mass is 10.0. The van der Waals surface area contributed by atoms with Gasteiger partial charge in [0.1, 0.15) is 29.5 Å². The van der Waals surface area contributed by atoms with E-state index in [1.165, 1.54) is 24.3 Å². The molecule has 1 aliphatic rings. The molecule has 0 bridgehead atoms. The van der Waals surface area contributed by atoms with Crippen molar-refractivity contribution in [3.63, 3.8) is 0 Å². The molecule has 0 unspecified atom stereocenters. The molecular formula is C32H29ClF2N6O3. The van der Waals surface area contributed by atoms with Gasteiger partial charge in [-0.15, -0.1) is 0 Å². The van der Waals surface area contributed by atoms with Crippen LogP contribution in [0.1, 0.15) is 13.8 Å². The number of para-hydroxylation sites is 2. The van der Waals surface area contributed by atoms with Crippen molar-refractivity contribution in [1.29, 1.82) is 0 Å². The van der Waals surface area contributed by atoms with Crippen LogP contribution in [0.5, 0.6) is 11.8 Å². The summed E-state index contributed by atoms with van der Waals surface area (Å²) >= 11 is 6.58. The van der Waals surface area contributed by atoms with Crippen LogP contribution in [0.15, 0.2) is 67.5 Å². The number of hydrogen-bond acceptors (Lipinski definition) is 7. The highest BCUT2D eigenvalue weighted by atomic mass is 35.5. The highest BCUT2D eigenvalue weighted by molar-refractivity contribution is 6.34. The van der Waals surface area contributed by atoms with Crippen LogP contribution in [0, 0.1) is 11.6 Å². The monoisotopic (exact) mass is 618 g/mol. The van der Waals surface area contributed by atoms with Crippen molar-refractivity contribution in [3.8, 4) is 22.9 Å². The second-order valence-corrected chi connectivity index (χ2v) is 11.1. The van der Waals surface area contributed by atoms with Gasteiger partial charge in [0, 0.05) is 36.1 Å². The van der Waals surface area contributed by atoms with Gasteiger partial charge in [-0.3, -0.25) is 4.79 Å². The van der Waals surface area contributed by atoms with Gasteiger partial charge in [-0.05, 0) is 50.3 Å². The molecule has 44 heavy (non-hydrogen) atoms. The predicted molar refractivity (Wildman–Crippen MR) is 165 cm³/mol. The zero-order valence-corrected chi connectivity index (χ0v) is 24.8. The fraction of sp³-hybridized carbons (Fsp3) is 0.250. The molecule has 1 fully saturated rings. The minimum atomic E-state index is -0.928. The number of aromatic nitrogens is 4. The average molecular weight is 619 g/mol. The molecule has 226 valence electrons. The summed E-state index contributed by atoms with van der Waals surface area (Å²) in [6.07, 6.45) is 2.99. The Kier molecular flexibility index (Phi) is 7.81. The number of amides is 1. The number of nitrogens with zero attached hydrogens (tertiary/aromatic N) is 6. The summed E-state index contributed by atoms with van der Waals surface area (Å²) in [4.78, 5) is 29.6. The van der Waals surface area contributed by atoms with Gasteiger partial charge in [-0.1, -0.05) is 36.4 Å². The summed E-state index contributed by atoms with van der Waals surface area (Å²) in [6.45, 7) is 8.76. The van der Waals surface area contributed by atoms with Gasteiger partial charge in [-0.2, -0.15) is 9.97 Å². The highest BCUT2D eigenvalue weighted by Crippen LogP contribution is 2.43. The smallest absolute Gasteiger partial charge is 0.319 e. The Morgan fingerprint density at radius 2 is 1.91 bits per heavy atom. The third-order valence-corrected chi connectivity index (χ3v) is 8.19. The number of imidazole rings is 1. The van der Waals surface area contributed by atoms with Gasteiger partial charge in [0.15, 0.2) is 5.82 Å². The number of rotatable bonds is 7. The zero-order chi connectivity index (χ0) is 31.1. The second kappa shape index (κ2) is 11.7. The molecule has 0 spiro atoms. The van der Waals surface area contributed by atoms with Crippen LogP contribution in [0.25, 0.3) is 33.1 Å². The van der Waals surface area contributed by atoms with Crippen molar-refractivity contribution in [1.82, 2.24) is 24.4 Å². The molecule has 1 saturated heterocycles. The third-order valence-electron chi connectivity index (χ3n) is 7.89. The molecule has 3 aromatic carbocycles. The van der Waals surface area contributed by atoms with E-state index < -0.39 is 17.4 Å². The minimum Gasteiger partial charge on any atom is -0.507 e. The molecule has 1 amide bonds. The quantitative estimate of drug-likeness (QED) is 0.224. The number of fused-ring (bicyclic) bond motifs is 2. The molecule has 1 aliphatic heterocycles. The van der Waals surface area contributed by atoms with E-state index in [9.17, 15) is 14.3 Å². The van der Waals surface area contributed by atoms with Gasteiger partial charge < -0.3 is 24.2 Å². The first-order valence-electron chi connectivity index (χ1n) is 14.1. The largest absolute Gasteiger partial charge is 0.507 e. The third kappa shape index (κ3) is 5.17. The molecule has 2 aromatic heterocycles. The van der Waals surface area contributed by atoms with E-state index in [2.05, 4.69) is 16.5 Å². The van der Waals surface area contributed by atoms with Crippen LogP contribution < -0.4 is 9.64 Å². The lowest BCUT2D eigenvalue weighted by Crippen LogP contribution is -2.58. The molecule has 2 atom stereocenters. The number of aromatic hydroxyl groups is 1. The number of phenolic OH excluding ortho intramolecular Hbond substituents is 1. The molecule has 5 aromatic rings. The van der Waals surface area contributed by atoms with E-state index in [0.29, 0.717) is 25.5 Å². The van der Waals surface area contributed by atoms with E-state index in [1.807, 2.05) is 47.6 Å². The van der Waals surface area contributed by atoms with Crippen molar-refractivity contribution in [3.05, 3.63) is 84.2 Å². The Morgan fingerprint density at radius 3 is 2.68 bits per heavy atom. The minimum absolute atomic E-state index is 0.0914. The van der Waals surface area contributed by atoms with Crippen molar-refractivity contribution in [2.75, 3.05) is 24.6 Å². The van der Waals surface area contributed by atoms with Crippen molar-refractivity contribution in [2.45, 2.75) is 32.5 Å². The van der Waals surface area contributed by atoms with Crippen LogP contribution in [-0.2, 0) is 11.3 Å². The van der Waals surface area contributed by atoms with Crippen LogP contribution in [0.3, 0.4) is 0 Å². The molecule has 12 heteroatoms. The Morgan fingerprint density at radius 1 is 1.11 bits per heavy atom. The number of piperazine rings is 1. The van der Waals surface area contributed by atoms with Gasteiger partial charge in [0.05, 0.1) is 34.5 Å². The first kappa shape index (κ1) is 29.3. The summed E-state index contributed by atoms with van der Waals surface area (Å²) in [6, 6.07) is 12.3. The number of anilines is 1. The Hall–Kier alpha value is -4.77. The average Bonchev–Trinajstić information content (AvgIpc) is 3.42. The molecule has 9 nitrogen and oxygen atoms in total. The SMILES string of the molecule is C=CC(=O)N1C[C@H](C)N(c2nc(OCCn3cnc4ccccc43)nc3c(F)c(-c4c(O)cccc4F)c(Cl)cc23)C[C@H]1C. The predicted octanol–water partition coefficient (Wildman–Crippen LogP) is 5.97. The van der Waals surface area contributed by atoms with Crippen LogP contribution in [0.4, 0.5) is 14.6 Å². The highest BCUT2D eigenvalue weighted by Gasteiger charge is 2.34. The number of halogens is 3. The lowest BCUT2D eigenvalue weighted by molar-refractivity contribution is -0.128. The summed E-state index contributed by atoms with van der Waals surface area (Å²) < 4.78 is 39.2. The number of hydrogen-bond donors (Lipinski definition) is 1. The van der Waals surface area contributed by atoms with Crippen LogP contribution in [0.2, 0.25) is 5.02 Å². The van der Waals surface area contributed by atoms with Gasteiger partial charge in [0.2, 0.25) is 5.91 Å². The fourth-order valence-electron chi connectivity index (χ4n) is 5.70. The number of carbonyl (C=O) groups is 1. The second-order valence-electron chi connectivity index (χ2n) is 10.7. The van der Waals surface area contributed by atoms with Crippen molar-refractivity contribution >= 4 is 45.3 Å². The van der Waals surface area contributed by atoms with E-state index in [1.54, 1.807) is 11.2 Å². The normalized spacial score (nSPS) is 16.9. The summed E-state index contributed by atoms with van der Waals surface area (Å²) in [7, 11) is 0. The molecule has 0 aliphatic carbocycles. The van der Waals surface area contributed by atoms with Crippen molar-refractivity contribution < 1.29 is 23.4 Å². The van der Waals surface area contributed by atoms with Gasteiger partial charge >= 0.3 is 6.01 Å². The van der Waals surface area contributed by atoms with Crippen LogP contribution >= 0.6 is 11.6 Å². The molecule has 6 rings (SSSR count). The Bertz CT molecular complexity index is 1890. The summed E-state index contributed by atoms with van der Waals surface area (Å²) in [5.41, 5.74) is 0.936. The summed E-state index contributed by atoms with van der Waals surface area (Å²) in [5, 5.41) is 10.6. The van der Waals surface area contributed by atoms with Gasteiger partial charge in [-0.25, -0.2) is 13.8 Å². The molecular weight excluding hydrogens is 590 g/mol. The van der Waals surface area contributed by atoms with E-state index in [0.717, 1.165) is 17.1 Å². The lowest BCUT2D eigenvalue weighted by Gasteiger charge is -2.44. The maximum absolute atomic E-state index is 16.4. The maximum atomic E-state index is 16.4.